The van der Waals surface area contributed by atoms with Gasteiger partial charge in [-0.05, 0) is 43.7 Å². The van der Waals surface area contributed by atoms with Crippen molar-refractivity contribution in [1.82, 2.24) is 15.1 Å². The Bertz CT molecular complexity index is 429. The van der Waals surface area contributed by atoms with Crippen LogP contribution in [0.15, 0.2) is 12.3 Å². The highest BCUT2D eigenvalue weighted by Crippen LogP contribution is 2.47. The molecule has 4 heteroatoms. The highest BCUT2D eigenvalue weighted by atomic mass is 16.5. The molecule has 0 aliphatic heterocycles. The summed E-state index contributed by atoms with van der Waals surface area (Å²) >= 11 is 0. The molecule has 1 unspecified atom stereocenters. The van der Waals surface area contributed by atoms with Crippen molar-refractivity contribution in [3.8, 4) is 0 Å². The number of aryl methyl sites for hydroxylation is 1. The molecule has 1 atom stereocenters. The van der Waals surface area contributed by atoms with E-state index < -0.39 is 0 Å². The van der Waals surface area contributed by atoms with Crippen molar-refractivity contribution in [2.24, 2.45) is 12.5 Å². The molecule has 1 aromatic rings. The second-order valence-corrected chi connectivity index (χ2v) is 6.84. The van der Waals surface area contributed by atoms with Gasteiger partial charge >= 0.3 is 0 Å². The van der Waals surface area contributed by atoms with Crippen molar-refractivity contribution in [3.05, 3.63) is 18.0 Å². The van der Waals surface area contributed by atoms with Crippen LogP contribution in [0.5, 0.6) is 0 Å². The Balaban J connectivity index is 2.26. The summed E-state index contributed by atoms with van der Waals surface area (Å²) in [6, 6.07) is 2.28. The Morgan fingerprint density at radius 1 is 1.35 bits per heavy atom. The van der Waals surface area contributed by atoms with Gasteiger partial charge in [-0.25, -0.2) is 0 Å². The summed E-state index contributed by atoms with van der Waals surface area (Å²) < 4.78 is 7.91. The number of ether oxygens (including phenoxy) is 1. The van der Waals surface area contributed by atoms with Crippen LogP contribution in [0, 0.1) is 5.41 Å². The molecule has 0 amide bonds. The van der Waals surface area contributed by atoms with Crippen LogP contribution in [0.25, 0.3) is 0 Å². The van der Waals surface area contributed by atoms with Crippen LogP contribution in [-0.4, -0.2) is 29.0 Å². The molecule has 0 aromatic carbocycles. The number of nitrogens with one attached hydrogen (secondary N) is 1. The Kier molecular flexibility index (Phi) is 4.55. The van der Waals surface area contributed by atoms with Crippen LogP contribution in [0.3, 0.4) is 0 Å². The predicted molar refractivity (Wildman–Crippen MR) is 81.6 cm³/mol. The first-order chi connectivity index (χ1) is 9.42. The molecule has 1 N–H and O–H groups in total. The standard InChI is InChI=1S/C16H29N3O/c1-6-17-14(13-7-12-19(4)18-13)16(20-5)10-8-15(2,3)9-11-16/h7,12,14,17H,6,8-11H2,1-5H3. The third-order valence-corrected chi connectivity index (χ3v) is 4.82. The summed E-state index contributed by atoms with van der Waals surface area (Å²) in [5, 5.41) is 8.21. The number of methoxy groups -OCH3 is 1. The molecule has 0 saturated heterocycles. The van der Waals surface area contributed by atoms with Gasteiger partial charge in [0.15, 0.2) is 0 Å². The van der Waals surface area contributed by atoms with Gasteiger partial charge in [0.05, 0.1) is 17.3 Å². The normalized spacial score (nSPS) is 22.6. The number of nitrogens with zero attached hydrogens (tertiary/aromatic N) is 2. The van der Waals surface area contributed by atoms with Gasteiger partial charge in [0.2, 0.25) is 0 Å². The molecular weight excluding hydrogens is 250 g/mol. The molecule has 0 spiro atoms. The summed E-state index contributed by atoms with van der Waals surface area (Å²) in [5.41, 5.74) is 1.40. The van der Waals surface area contributed by atoms with Gasteiger partial charge in [0.1, 0.15) is 0 Å². The van der Waals surface area contributed by atoms with Crippen LogP contribution in [0.2, 0.25) is 0 Å². The SMILES string of the molecule is CCNC(c1ccn(C)n1)C1(OC)CCC(C)(C)CC1. The molecule has 1 aliphatic rings. The first-order valence-electron chi connectivity index (χ1n) is 7.70. The van der Waals surface area contributed by atoms with Crippen molar-refractivity contribution in [1.29, 1.82) is 0 Å². The average Bonchev–Trinajstić information content (AvgIpc) is 2.84. The Labute approximate surface area is 122 Å². The minimum Gasteiger partial charge on any atom is -0.376 e. The lowest BCUT2D eigenvalue weighted by atomic mass is 9.68. The van der Waals surface area contributed by atoms with E-state index in [4.69, 9.17) is 4.74 Å². The maximum Gasteiger partial charge on any atom is 0.0889 e. The summed E-state index contributed by atoms with van der Waals surface area (Å²) in [5.74, 6) is 0. The Hall–Kier alpha value is -0.870. The molecule has 1 aromatic heterocycles. The Morgan fingerprint density at radius 2 is 2.00 bits per heavy atom. The molecule has 1 fully saturated rings. The Morgan fingerprint density at radius 3 is 2.45 bits per heavy atom. The van der Waals surface area contributed by atoms with E-state index in [1.54, 1.807) is 0 Å². The summed E-state index contributed by atoms with van der Waals surface area (Å²) in [7, 11) is 3.82. The zero-order valence-electron chi connectivity index (χ0n) is 13.6. The monoisotopic (exact) mass is 279 g/mol. The number of rotatable bonds is 5. The second-order valence-electron chi connectivity index (χ2n) is 6.84. The molecule has 1 heterocycles. The molecule has 0 radical (unpaired) electrons. The van der Waals surface area contributed by atoms with E-state index in [0.29, 0.717) is 5.41 Å². The van der Waals surface area contributed by atoms with Crippen molar-refractivity contribution in [2.45, 2.75) is 58.1 Å². The minimum absolute atomic E-state index is 0.125. The fourth-order valence-electron chi connectivity index (χ4n) is 3.31. The van der Waals surface area contributed by atoms with Crippen LogP contribution in [-0.2, 0) is 11.8 Å². The molecule has 1 aliphatic carbocycles. The van der Waals surface area contributed by atoms with E-state index in [-0.39, 0.29) is 11.6 Å². The summed E-state index contributed by atoms with van der Waals surface area (Å²) in [4.78, 5) is 0. The fourth-order valence-corrected chi connectivity index (χ4v) is 3.31. The smallest absolute Gasteiger partial charge is 0.0889 e. The lowest BCUT2D eigenvalue weighted by molar-refractivity contribution is -0.0882. The third-order valence-electron chi connectivity index (χ3n) is 4.82. The average molecular weight is 279 g/mol. The quantitative estimate of drug-likeness (QED) is 0.900. The molecule has 1 saturated carbocycles. The van der Waals surface area contributed by atoms with Crippen LogP contribution in [0.4, 0.5) is 0 Å². The van der Waals surface area contributed by atoms with Crippen LogP contribution in [0.1, 0.15) is 58.2 Å². The van der Waals surface area contributed by atoms with E-state index in [1.165, 1.54) is 12.8 Å². The maximum absolute atomic E-state index is 6.04. The molecular formula is C16H29N3O. The summed E-state index contributed by atoms with van der Waals surface area (Å²) in [6.07, 6.45) is 6.59. The highest BCUT2D eigenvalue weighted by Gasteiger charge is 2.45. The topological polar surface area (TPSA) is 39.1 Å². The maximum atomic E-state index is 6.04. The van der Waals surface area contributed by atoms with Gasteiger partial charge in [0.25, 0.3) is 0 Å². The lowest BCUT2D eigenvalue weighted by Crippen LogP contribution is -2.49. The zero-order chi connectivity index (χ0) is 14.8. The second kappa shape index (κ2) is 5.86. The lowest BCUT2D eigenvalue weighted by Gasteiger charge is -2.46. The van der Waals surface area contributed by atoms with Gasteiger partial charge in [-0.3, -0.25) is 4.68 Å². The zero-order valence-corrected chi connectivity index (χ0v) is 13.6. The first-order valence-corrected chi connectivity index (χ1v) is 7.70. The molecule has 4 nitrogen and oxygen atoms in total. The van der Waals surface area contributed by atoms with E-state index in [0.717, 1.165) is 25.1 Å². The van der Waals surface area contributed by atoms with Crippen molar-refractivity contribution < 1.29 is 4.74 Å². The van der Waals surface area contributed by atoms with Crippen LogP contribution < -0.4 is 5.32 Å². The fraction of sp³-hybridized carbons (Fsp3) is 0.812. The molecule has 2 rings (SSSR count). The molecule has 0 bridgehead atoms. The minimum atomic E-state index is -0.125. The number of hydrogen-bond donors (Lipinski definition) is 1. The number of likely N-dealkylation sites (N-methyl/N-ethyl adjacent to an activating group) is 1. The van der Waals surface area contributed by atoms with Gasteiger partial charge in [0, 0.05) is 20.4 Å². The van der Waals surface area contributed by atoms with Gasteiger partial charge in [-0.15, -0.1) is 0 Å². The molecule has 20 heavy (non-hydrogen) atoms. The van der Waals surface area contributed by atoms with Gasteiger partial charge < -0.3 is 10.1 Å². The van der Waals surface area contributed by atoms with E-state index >= 15 is 0 Å². The predicted octanol–water partition coefficient (Wildman–Crippen LogP) is 3.06. The van der Waals surface area contributed by atoms with E-state index in [1.807, 2.05) is 25.0 Å². The van der Waals surface area contributed by atoms with Gasteiger partial charge in [-0.2, -0.15) is 5.10 Å². The van der Waals surface area contributed by atoms with Gasteiger partial charge in [-0.1, -0.05) is 20.8 Å². The summed E-state index contributed by atoms with van der Waals surface area (Å²) in [6.45, 7) is 7.78. The van der Waals surface area contributed by atoms with Crippen molar-refractivity contribution in [3.63, 3.8) is 0 Å². The largest absolute Gasteiger partial charge is 0.376 e. The molecule has 114 valence electrons. The van der Waals surface area contributed by atoms with Crippen molar-refractivity contribution in [2.75, 3.05) is 13.7 Å². The van der Waals surface area contributed by atoms with Crippen molar-refractivity contribution >= 4 is 0 Å². The third kappa shape index (κ3) is 3.07. The highest BCUT2D eigenvalue weighted by molar-refractivity contribution is 5.14. The van der Waals surface area contributed by atoms with E-state index in [9.17, 15) is 0 Å². The number of aromatic nitrogens is 2. The van der Waals surface area contributed by atoms with Crippen LogP contribution >= 0.6 is 0 Å². The first kappa shape index (κ1) is 15.5. The van der Waals surface area contributed by atoms with E-state index in [2.05, 4.69) is 37.3 Å². The number of hydrogen-bond acceptors (Lipinski definition) is 3.